The van der Waals surface area contributed by atoms with E-state index < -0.39 is 14.8 Å². The summed E-state index contributed by atoms with van der Waals surface area (Å²) in [6.45, 7) is 0. The van der Waals surface area contributed by atoms with E-state index >= 15 is 0 Å². The molecule has 8 nitrogen and oxygen atoms in total. The van der Waals surface area contributed by atoms with Gasteiger partial charge in [0.05, 0.1) is 11.1 Å². The van der Waals surface area contributed by atoms with Gasteiger partial charge in [0.1, 0.15) is 12.7 Å². The summed E-state index contributed by atoms with van der Waals surface area (Å²) in [6, 6.07) is 6.68. The van der Waals surface area contributed by atoms with Crippen molar-refractivity contribution in [3.05, 3.63) is 52.2 Å². The van der Waals surface area contributed by atoms with Crippen molar-refractivity contribution in [1.82, 2.24) is 19.5 Å². The minimum absolute atomic E-state index is 0.000492. The number of hydrogen-bond donors (Lipinski definition) is 2. The fourth-order valence-corrected chi connectivity index (χ4v) is 3.59. The Kier molecular flexibility index (Phi) is 6.09. The molecule has 1 atom stereocenters. The van der Waals surface area contributed by atoms with Crippen LogP contribution in [0.25, 0.3) is 0 Å². The third-order valence-corrected chi connectivity index (χ3v) is 5.35. The number of aryl methyl sites for hydroxylation is 2. The van der Waals surface area contributed by atoms with Gasteiger partial charge in [-0.25, -0.2) is 28.3 Å². The van der Waals surface area contributed by atoms with Gasteiger partial charge in [0.25, 0.3) is 0 Å². The Morgan fingerprint density at radius 3 is 2.64 bits per heavy atom. The van der Waals surface area contributed by atoms with Crippen molar-refractivity contribution in [1.29, 1.82) is 0 Å². The number of hydroxylamine groups is 2. The van der Waals surface area contributed by atoms with Crippen LogP contribution in [0.5, 0.6) is 0 Å². The standard InChI is InChI=1S/C15H19ClN4O4S/c1-17-25(23,24)14-9-4-3-6-11(14)7-5-8-12-13(20(2,21)22)10-18-15(16)19-12/h3-4,6,9-10,17,21H,5,7-8H2,1-2H3. The largest absolute Gasteiger partial charge is 0.593 e. The molecule has 1 aromatic heterocycles. The molecule has 25 heavy (non-hydrogen) atoms. The van der Waals surface area contributed by atoms with Crippen LogP contribution in [0.1, 0.15) is 17.7 Å². The van der Waals surface area contributed by atoms with Crippen LogP contribution in [0, 0.1) is 5.21 Å². The molecule has 10 heteroatoms. The highest BCUT2D eigenvalue weighted by Gasteiger charge is 2.20. The average Bonchev–Trinajstić information content (AvgIpc) is 2.54. The number of nitrogens with one attached hydrogen (secondary N) is 1. The Labute approximate surface area is 151 Å². The first-order valence-corrected chi connectivity index (χ1v) is 9.35. The number of rotatable bonds is 7. The molecule has 136 valence electrons. The van der Waals surface area contributed by atoms with E-state index in [9.17, 15) is 18.8 Å². The van der Waals surface area contributed by atoms with Gasteiger partial charge in [-0.05, 0) is 49.5 Å². The second kappa shape index (κ2) is 7.73. The van der Waals surface area contributed by atoms with Gasteiger partial charge < -0.3 is 5.21 Å². The van der Waals surface area contributed by atoms with Crippen LogP contribution in [-0.4, -0.2) is 37.7 Å². The summed E-state index contributed by atoms with van der Waals surface area (Å²) in [5.41, 5.74) is 0.983. The van der Waals surface area contributed by atoms with Gasteiger partial charge >= 0.3 is 0 Å². The van der Waals surface area contributed by atoms with E-state index in [1.807, 2.05) is 0 Å². The SMILES string of the molecule is CNS(=O)(=O)c1ccccc1CCCc1nc(Cl)ncc1[N+](C)([O-])O. The molecule has 0 bridgehead atoms. The first-order valence-electron chi connectivity index (χ1n) is 7.49. The van der Waals surface area contributed by atoms with E-state index in [0.717, 1.165) is 7.05 Å². The molecule has 2 rings (SSSR count). The molecular formula is C15H19ClN4O4S. The maximum absolute atomic E-state index is 12.1. The quantitative estimate of drug-likeness (QED) is 0.427. The summed E-state index contributed by atoms with van der Waals surface area (Å²) in [6.07, 6.45) is 2.49. The predicted molar refractivity (Wildman–Crippen MR) is 94.6 cm³/mol. The fraction of sp³-hybridized carbons (Fsp3) is 0.333. The maximum Gasteiger partial charge on any atom is 0.240 e. The van der Waals surface area contributed by atoms with Crippen molar-refractivity contribution < 1.29 is 13.6 Å². The summed E-state index contributed by atoms with van der Waals surface area (Å²) in [4.78, 5) is 6.28. The van der Waals surface area contributed by atoms with Gasteiger partial charge in [-0.3, -0.25) is 0 Å². The van der Waals surface area contributed by atoms with Gasteiger partial charge in [0.15, 0.2) is 0 Å². The lowest BCUT2D eigenvalue weighted by molar-refractivity contribution is -0.00570. The van der Waals surface area contributed by atoms with E-state index in [1.165, 1.54) is 19.3 Å². The molecule has 1 aromatic carbocycles. The highest BCUT2D eigenvalue weighted by molar-refractivity contribution is 7.89. The minimum atomic E-state index is -3.55. The second-order valence-corrected chi connectivity index (χ2v) is 7.71. The Morgan fingerprint density at radius 1 is 1.32 bits per heavy atom. The monoisotopic (exact) mass is 386 g/mol. The zero-order valence-corrected chi connectivity index (χ0v) is 15.4. The Bertz CT molecular complexity index is 853. The Balaban J connectivity index is 2.19. The van der Waals surface area contributed by atoms with Crippen molar-refractivity contribution in [2.45, 2.75) is 24.2 Å². The minimum Gasteiger partial charge on any atom is -0.593 e. The molecule has 0 amide bonds. The molecule has 1 unspecified atom stereocenters. The number of quaternary nitrogens is 1. The average molecular weight is 387 g/mol. The molecule has 0 aliphatic carbocycles. The first-order chi connectivity index (χ1) is 11.6. The normalized spacial score (nSPS) is 14.3. The van der Waals surface area contributed by atoms with Crippen LogP contribution in [0.4, 0.5) is 5.69 Å². The number of nitrogens with zero attached hydrogens (tertiary/aromatic N) is 3. The van der Waals surface area contributed by atoms with Gasteiger partial charge in [0, 0.05) is 0 Å². The third kappa shape index (κ3) is 4.94. The lowest BCUT2D eigenvalue weighted by Crippen LogP contribution is -2.35. The molecule has 0 aliphatic heterocycles. The van der Waals surface area contributed by atoms with Crippen molar-refractivity contribution in [3.63, 3.8) is 0 Å². The number of benzene rings is 1. The summed E-state index contributed by atoms with van der Waals surface area (Å²) >= 11 is 5.77. The lowest BCUT2D eigenvalue weighted by Gasteiger charge is -2.28. The summed E-state index contributed by atoms with van der Waals surface area (Å²) < 4.78 is 26.4. The van der Waals surface area contributed by atoms with Gasteiger partial charge in [0.2, 0.25) is 21.0 Å². The number of halogens is 1. The van der Waals surface area contributed by atoms with Gasteiger partial charge in [-0.2, -0.15) is 4.81 Å². The predicted octanol–water partition coefficient (Wildman–Crippen LogP) is 2.04. The van der Waals surface area contributed by atoms with Crippen molar-refractivity contribution >= 4 is 27.3 Å². The molecule has 2 aromatic rings. The maximum atomic E-state index is 12.1. The van der Waals surface area contributed by atoms with Crippen LogP contribution < -0.4 is 9.53 Å². The zero-order valence-electron chi connectivity index (χ0n) is 13.8. The molecule has 0 spiro atoms. The topological polar surface area (TPSA) is 115 Å². The number of aromatic nitrogens is 2. The van der Waals surface area contributed by atoms with Crippen molar-refractivity contribution in [3.8, 4) is 0 Å². The molecule has 0 saturated carbocycles. The molecule has 2 N–H and O–H groups in total. The summed E-state index contributed by atoms with van der Waals surface area (Å²) in [7, 11) is -1.15. The summed E-state index contributed by atoms with van der Waals surface area (Å²) in [5.74, 6) is 0. The molecular weight excluding hydrogens is 368 g/mol. The van der Waals surface area contributed by atoms with Gasteiger partial charge in [-0.1, -0.05) is 18.2 Å². The molecule has 0 fully saturated rings. The number of hydrogen-bond acceptors (Lipinski definition) is 6. The lowest BCUT2D eigenvalue weighted by atomic mass is 10.1. The molecule has 0 aliphatic rings. The Hall–Kier alpha value is -1.62. The first kappa shape index (κ1) is 19.7. The van der Waals surface area contributed by atoms with E-state index in [0.29, 0.717) is 30.5 Å². The molecule has 0 radical (unpaired) electrons. The van der Waals surface area contributed by atoms with Gasteiger partial charge in [-0.15, -0.1) is 0 Å². The third-order valence-electron chi connectivity index (χ3n) is 3.65. The number of sulfonamides is 1. The fourth-order valence-electron chi connectivity index (χ4n) is 2.45. The molecule has 0 saturated heterocycles. The van der Waals surface area contributed by atoms with Crippen LogP contribution in [-0.2, 0) is 22.9 Å². The van der Waals surface area contributed by atoms with Crippen molar-refractivity contribution in [2.75, 3.05) is 14.1 Å². The van der Waals surface area contributed by atoms with Crippen LogP contribution in [0.2, 0.25) is 5.28 Å². The van der Waals surface area contributed by atoms with E-state index in [2.05, 4.69) is 14.7 Å². The zero-order chi connectivity index (χ0) is 18.7. The van der Waals surface area contributed by atoms with Crippen LogP contribution >= 0.6 is 11.6 Å². The Morgan fingerprint density at radius 2 is 2.00 bits per heavy atom. The molecule has 1 heterocycles. The smallest absolute Gasteiger partial charge is 0.240 e. The highest BCUT2D eigenvalue weighted by atomic mass is 35.5. The van der Waals surface area contributed by atoms with Crippen LogP contribution in [0.15, 0.2) is 35.4 Å². The summed E-state index contributed by atoms with van der Waals surface area (Å²) in [5, 5.41) is 21.4. The van der Waals surface area contributed by atoms with Crippen molar-refractivity contribution in [2.24, 2.45) is 0 Å². The second-order valence-electron chi connectivity index (χ2n) is 5.52. The van der Waals surface area contributed by atoms with E-state index in [4.69, 9.17) is 11.6 Å². The van der Waals surface area contributed by atoms with E-state index in [1.54, 1.807) is 18.2 Å². The highest BCUT2D eigenvalue weighted by Crippen LogP contribution is 2.24. The van der Waals surface area contributed by atoms with E-state index in [-0.39, 0.29) is 15.9 Å². The van der Waals surface area contributed by atoms with Crippen LogP contribution in [0.3, 0.4) is 0 Å².